The van der Waals surface area contributed by atoms with Gasteiger partial charge in [-0.25, -0.2) is 0 Å². The number of furan rings is 1. The highest BCUT2D eigenvalue weighted by Gasteiger charge is 2.10. The first-order chi connectivity index (χ1) is 9.92. The van der Waals surface area contributed by atoms with Crippen LogP contribution in [0.5, 0.6) is 0 Å². The van der Waals surface area contributed by atoms with Crippen LogP contribution in [0.4, 0.5) is 0 Å². The van der Waals surface area contributed by atoms with Crippen LogP contribution in [-0.2, 0) is 0 Å². The van der Waals surface area contributed by atoms with E-state index < -0.39 is 0 Å². The summed E-state index contributed by atoms with van der Waals surface area (Å²) in [7, 11) is 0. The minimum absolute atomic E-state index is 0.407. The minimum atomic E-state index is 0.407. The second-order valence-corrected chi connectivity index (χ2v) is 4.95. The largest absolute Gasteiger partial charge is 0.459 e. The molecular formula is C15H12N2O2S. The van der Waals surface area contributed by atoms with Crippen LogP contribution in [0.25, 0.3) is 17.7 Å². The Balaban J connectivity index is 1.56. The molecular weight excluding hydrogens is 272 g/mol. The van der Waals surface area contributed by atoms with Gasteiger partial charge >= 0.3 is 0 Å². The van der Waals surface area contributed by atoms with Gasteiger partial charge < -0.3 is 8.83 Å². The summed E-state index contributed by atoms with van der Waals surface area (Å²) >= 11 is 1.49. The highest BCUT2D eigenvalue weighted by atomic mass is 32.2. The summed E-state index contributed by atoms with van der Waals surface area (Å²) in [5.41, 5.74) is 1.18. The number of aromatic nitrogens is 2. The van der Waals surface area contributed by atoms with Crippen molar-refractivity contribution in [2.45, 2.75) is 5.22 Å². The molecule has 0 saturated heterocycles. The molecule has 0 radical (unpaired) electrons. The monoisotopic (exact) mass is 284 g/mol. The number of benzene rings is 1. The van der Waals surface area contributed by atoms with E-state index in [9.17, 15) is 0 Å². The van der Waals surface area contributed by atoms with E-state index >= 15 is 0 Å². The van der Waals surface area contributed by atoms with Gasteiger partial charge in [0.1, 0.15) is 0 Å². The first-order valence-electron chi connectivity index (χ1n) is 6.13. The standard InChI is InChI=1S/C15H12N2O2S/c1-2-6-12(7-3-1)8-5-11-20-15-17-16-14(19-15)13-9-4-10-18-13/h1-10H,11H2/b8-5+. The third-order valence-corrected chi connectivity index (χ3v) is 3.32. The highest BCUT2D eigenvalue weighted by Crippen LogP contribution is 2.23. The van der Waals surface area contributed by atoms with Crippen LogP contribution in [0, 0.1) is 0 Å². The Morgan fingerprint density at radius 3 is 2.75 bits per heavy atom. The van der Waals surface area contributed by atoms with Gasteiger partial charge in [0, 0.05) is 5.75 Å². The van der Waals surface area contributed by atoms with Crippen LogP contribution >= 0.6 is 11.8 Å². The van der Waals surface area contributed by atoms with Gasteiger partial charge in [0.2, 0.25) is 0 Å². The van der Waals surface area contributed by atoms with Gasteiger partial charge in [-0.05, 0) is 17.7 Å². The Kier molecular flexibility index (Phi) is 3.99. The van der Waals surface area contributed by atoms with Gasteiger partial charge in [-0.3, -0.25) is 0 Å². The number of rotatable bonds is 5. The highest BCUT2D eigenvalue weighted by molar-refractivity contribution is 7.99. The fraction of sp³-hybridized carbons (Fsp3) is 0.0667. The van der Waals surface area contributed by atoms with E-state index in [0.29, 0.717) is 16.9 Å². The SMILES string of the molecule is C(=C\c1ccccc1)/CSc1nnc(-c2ccco2)o1. The second-order valence-electron chi connectivity index (χ2n) is 3.97. The molecule has 0 amide bonds. The topological polar surface area (TPSA) is 52.1 Å². The fourth-order valence-corrected chi connectivity index (χ4v) is 2.21. The predicted octanol–water partition coefficient (Wildman–Crippen LogP) is 4.14. The quantitative estimate of drug-likeness (QED) is 0.659. The maximum Gasteiger partial charge on any atom is 0.284 e. The normalized spacial score (nSPS) is 11.2. The van der Waals surface area contributed by atoms with Crippen molar-refractivity contribution in [3.8, 4) is 11.7 Å². The molecule has 1 aromatic carbocycles. The lowest BCUT2D eigenvalue weighted by atomic mass is 10.2. The van der Waals surface area contributed by atoms with Crippen molar-refractivity contribution in [1.82, 2.24) is 10.2 Å². The van der Waals surface area contributed by atoms with Crippen molar-refractivity contribution in [2.24, 2.45) is 0 Å². The number of nitrogens with zero attached hydrogens (tertiary/aromatic N) is 2. The number of hydrogen-bond acceptors (Lipinski definition) is 5. The van der Waals surface area contributed by atoms with Crippen molar-refractivity contribution in [2.75, 3.05) is 5.75 Å². The van der Waals surface area contributed by atoms with Crippen molar-refractivity contribution in [3.05, 3.63) is 60.4 Å². The van der Waals surface area contributed by atoms with E-state index in [0.717, 1.165) is 5.75 Å². The predicted molar refractivity (Wildman–Crippen MR) is 78.2 cm³/mol. The smallest absolute Gasteiger partial charge is 0.284 e. The van der Waals surface area contributed by atoms with Gasteiger partial charge in [0.25, 0.3) is 11.1 Å². The molecule has 20 heavy (non-hydrogen) atoms. The Labute approximate surface area is 120 Å². The first-order valence-corrected chi connectivity index (χ1v) is 7.12. The van der Waals surface area contributed by atoms with E-state index in [1.54, 1.807) is 18.4 Å². The molecule has 4 nitrogen and oxygen atoms in total. The average molecular weight is 284 g/mol. The average Bonchev–Trinajstić information content (AvgIpc) is 3.15. The van der Waals surface area contributed by atoms with Crippen LogP contribution in [0.15, 0.2) is 68.9 Å². The molecule has 0 fully saturated rings. The Morgan fingerprint density at radius 1 is 1.05 bits per heavy atom. The van der Waals surface area contributed by atoms with Crippen LogP contribution in [0.3, 0.4) is 0 Å². The zero-order valence-electron chi connectivity index (χ0n) is 10.6. The van der Waals surface area contributed by atoms with Crippen LogP contribution in [0.1, 0.15) is 5.56 Å². The Morgan fingerprint density at radius 2 is 1.95 bits per heavy atom. The summed E-state index contributed by atoms with van der Waals surface area (Å²) in [5.74, 6) is 1.77. The summed E-state index contributed by atoms with van der Waals surface area (Å²) in [6, 6.07) is 13.7. The number of thioether (sulfide) groups is 1. The third-order valence-electron chi connectivity index (χ3n) is 2.55. The molecule has 0 spiro atoms. The molecule has 3 rings (SSSR count). The summed E-state index contributed by atoms with van der Waals surface area (Å²) in [6.45, 7) is 0. The zero-order chi connectivity index (χ0) is 13.6. The minimum Gasteiger partial charge on any atom is -0.459 e. The molecule has 0 N–H and O–H groups in total. The van der Waals surface area contributed by atoms with Gasteiger partial charge in [-0.2, -0.15) is 0 Å². The van der Waals surface area contributed by atoms with E-state index in [-0.39, 0.29) is 0 Å². The first kappa shape index (κ1) is 12.7. The molecule has 100 valence electrons. The maximum atomic E-state index is 5.49. The molecule has 0 aliphatic rings. The van der Waals surface area contributed by atoms with Gasteiger partial charge in [0.05, 0.1) is 6.26 Å². The molecule has 0 atom stereocenters. The molecule has 2 aromatic heterocycles. The molecule has 0 bridgehead atoms. The Bertz CT molecular complexity index is 675. The maximum absolute atomic E-state index is 5.49. The molecule has 2 heterocycles. The summed E-state index contributed by atoms with van der Waals surface area (Å²) in [5, 5.41) is 8.45. The molecule has 0 aliphatic heterocycles. The van der Waals surface area contributed by atoms with Gasteiger partial charge in [0.15, 0.2) is 5.76 Å². The van der Waals surface area contributed by atoms with Gasteiger partial charge in [-0.1, -0.05) is 54.2 Å². The summed E-state index contributed by atoms with van der Waals surface area (Å²) in [6.07, 6.45) is 5.71. The van der Waals surface area contributed by atoms with E-state index in [1.165, 1.54) is 17.3 Å². The van der Waals surface area contributed by atoms with E-state index in [4.69, 9.17) is 8.83 Å². The van der Waals surface area contributed by atoms with Gasteiger partial charge in [-0.15, -0.1) is 10.2 Å². The van der Waals surface area contributed by atoms with Crippen LogP contribution < -0.4 is 0 Å². The van der Waals surface area contributed by atoms with Crippen molar-refractivity contribution >= 4 is 17.8 Å². The summed E-state index contributed by atoms with van der Waals surface area (Å²) in [4.78, 5) is 0. The van der Waals surface area contributed by atoms with Crippen molar-refractivity contribution in [3.63, 3.8) is 0 Å². The lowest BCUT2D eigenvalue weighted by Crippen LogP contribution is -1.75. The van der Waals surface area contributed by atoms with Crippen molar-refractivity contribution < 1.29 is 8.83 Å². The summed E-state index contributed by atoms with van der Waals surface area (Å²) < 4.78 is 10.7. The molecule has 3 aromatic rings. The molecule has 0 saturated carbocycles. The molecule has 0 unspecified atom stereocenters. The van der Waals surface area contributed by atoms with Crippen LogP contribution in [0.2, 0.25) is 0 Å². The third kappa shape index (κ3) is 3.19. The lowest BCUT2D eigenvalue weighted by Gasteiger charge is -1.91. The van der Waals surface area contributed by atoms with Crippen molar-refractivity contribution in [1.29, 1.82) is 0 Å². The molecule has 0 aliphatic carbocycles. The van der Waals surface area contributed by atoms with E-state index in [2.05, 4.69) is 34.5 Å². The van der Waals surface area contributed by atoms with E-state index in [1.807, 2.05) is 18.2 Å². The fourth-order valence-electron chi connectivity index (χ4n) is 1.64. The zero-order valence-corrected chi connectivity index (χ0v) is 11.4. The molecule has 5 heteroatoms. The number of hydrogen-bond donors (Lipinski definition) is 0. The second kappa shape index (κ2) is 6.25. The lowest BCUT2D eigenvalue weighted by molar-refractivity contribution is 0.447. The van der Waals surface area contributed by atoms with Crippen LogP contribution in [-0.4, -0.2) is 16.0 Å². The Hall–Kier alpha value is -2.27.